The molecule has 0 aliphatic heterocycles. The average Bonchev–Trinajstić information content (AvgIpc) is 2.88. The Labute approximate surface area is 120 Å². The van der Waals surface area contributed by atoms with Crippen LogP contribution in [0.4, 0.5) is 0 Å². The summed E-state index contributed by atoms with van der Waals surface area (Å²) in [4.78, 5) is 4.17. The lowest BCUT2D eigenvalue weighted by atomic mass is 10.2. The normalized spacial score (nSPS) is 12.6. The second kappa shape index (κ2) is 6.96. The van der Waals surface area contributed by atoms with Gasteiger partial charge in [-0.2, -0.15) is 0 Å². The molecule has 1 heterocycles. The van der Waals surface area contributed by atoms with E-state index in [0.717, 1.165) is 5.56 Å². The number of thioether (sulfide) groups is 1. The number of aliphatic hydroxyl groups is 2. The van der Waals surface area contributed by atoms with E-state index in [2.05, 4.69) is 4.98 Å². The van der Waals surface area contributed by atoms with Gasteiger partial charge in [0.2, 0.25) is 5.89 Å². The summed E-state index contributed by atoms with van der Waals surface area (Å²) in [5.41, 5.74) is 0.920. The lowest BCUT2D eigenvalue weighted by molar-refractivity contribution is 0.113. The summed E-state index contributed by atoms with van der Waals surface area (Å²) in [6.07, 6.45) is 0.970. The largest absolute Gasteiger partial charge is 0.440 e. The van der Waals surface area contributed by atoms with Crippen molar-refractivity contribution in [1.29, 1.82) is 0 Å². The smallest absolute Gasteiger partial charge is 0.204 e. The summed E-state index contributed by atoms with van der Waals surface area (Å²) in [5.74, 6) is 2.30. The molecule has 4 nitrogen and oxygen atoms in total. The van der Waals surface area contributed by atoms with Crippen LogP contribution in [0.5, 0.6) is 0 Å². The Hall–Kier alpha value is -1.01. The van der Waals surface area contributed by atoms with Gasteiger partial charge in [-0.1, -0.05) is 11.6 Å². The number of aromatic nitrogens is 1. The number of hydrogen-bond acceptors (Lipinski definition) is 5. The van der Waals surface area contributed by atoms with Gasteiger partial charge in [0, 0.05) is 16.3 Å². The van der Waals surface area contributed by atoms with Crippen molar-refractivity contribution in [3.05, 3.63) is 41.4 Å². The average molecular weight is 300 g/mol. The first-order chi connectivity index (χ1) is 9.19. The van der Waals surface area contributed by atoms with Crippen LogP contribution in [0, 0.1) is 0 Å². The predicted molar refractivity (Wildman–Crippen MR) is 76.2 cm³/mol. The molecule has 1 atom stereocenters. The molecule has 0 spiro atoms. The maximum absolute atomic E-state index is 9.21. The van der Waals surface area contributed by atoms with Crippen LogP contribution in [0.25, 0.3) is 11.3 Å². The molecule has 1 unspecified atom stereocenters. The van der Waals surface area contributed by atoms with Crippen molar-refractivity contribution in [2.45, 2.75) is 11.9 Å². The number of aliphatic hydroxyl groups excluding tert-OH is 2. The van der Waals surface area contributed by atoms with E-state index in [1.54, 1.807) is 18.3 Å². The minimum Gasteiger partial charge on any atom is -0.440 e. The molecule has 0 saturated heterocycles. The molecule has 0 bridgehead atoms. The van der Waals surface area contributed by atoms with Crippen LogP contribution in [-0.4, -0.2) is 33.7 Å². The van der Waals surface area contributed by atoms with Crippen LogP contribution in [0.1, 0.15) is 5.89 Å². The minimum absolute atomic E-state index is 0.228. The van der Waals surface area contributed by atoms with E-state index in [1.807, 2.05) is 12.1 Å². The van der Waals surface area contributed by atoms with E-state index in [4.69, 9.17) is 21.1 Å². The van der Waals surface area contributed by atoms with Crippen molar-refractivity contribution in [1.82, 2.24) is 4.98 Å². The summed E-state index contributed by atoms with van der Waals surface area (Å²) in [6.45, 7) is -0.228. The summed E-state index contributed by atoms with van der Waals surface area (Å²) in [5, 5.41) is 18.6. The Balaban J connectivity index is 1.93. The number of rotatable bonds is 6. The molecule has 0 aliphatic rings. The Morgan fingerprint density at radius 3 is 2.74 bits per heavy atom. The van der Waals surface area contributed by atoms with E-state index < -0.39 is 6.10 Å². The SMILES string of the molecule is OCC(O)CSCc1ncc(-c2ccc(Cl)cc2)o1. The van der Waals surface area contributed by atoms with Crippen molar-refractivity contribution in [3.63, 3.8) is 0 Å². The fourth-order valence-electron chi connectivity index (χ4n) is 1.46. The number of benzene rings is 1. The Bertz CT molecular complexity index is 515. The molecule has 2 rings (SSSR count). The lowest BCUT2D eigenvalue weighted by Gasteiger charge is -2.04. The fourth-order valence-corrected chi connectivity index (χ4v) is 2.39. The van der Waals surface area contributed by atoms with Gasteiger partial charge in [0.05, 0.1) is 24.7 Å². The monoisotopic (exact) mass is 299 g/mol. The second-order valence-electron chi connectivity index (χ2n) is 3.98. The molecule has 1 aromatic heterocycles. The van der Waals surface area contributed by atoms with Crippen molar-refractivity contribution >= 4 is 23.4 Å². The van der Waals surface area contributed by atoms with Crippen molar-refractivity contribution in [3.8, 4) is 11.3 Å². The van der Waals surface area contributed by atoms with E-state index in [0.29, 0.717) is 28.2 Å². The minimum atomic E-state index is -0.698. The van der Waals surface area contributed by atoms with E-state index in [1.165, 1.54) is 11.8 Å². The summed E-state index contributed by atoms with van der Waals surface area (Å²) in [7, 11) is 0. The molecule has 0 fully saturated rings. The Kier molecular flexibility index (Phi) is 5.27. The number of oxazole rings is 1. The first kappa shape index (κ1) is 14.4. The lowest BCUT2D eigenvalue weighted by Crippen LogP contribution is -2.14. The highest BCUT2D eigenvalue weighted by Gasteiger charge is 2.08. The molecular weight excluding hydrogens is 286 g/mol. The molecule has 0 saturated carbocycles. The van der Waals surface area contributed by atoms with Gasteiger partial charge in [0.1, 0.15) is 0 Å². The molecule has 0 amide bonds. The highest BCUT2D eigenvalue weighted by atomic mass is 35.5. The zero-order valence-electron chi connectivity index (χ0n) is 10.1. The third-order valence-electron chi connectivity index (χ3n) is 2.43. The van der Waals surface area contributed by atoms with Gasteiger partial charge in [-0.25, -0.2) is 4.98 Å². The molecule has 1 aromatic carbocycles. The van der Waals surface area contributed by atoms with Crippen LogP contribution >= 0.6 is 23.4 Å². The number of halogens is 1. The first-order valence-corrected chi connectivity index (χ1v) is 7.29. The van der Waals surface area contributed by atoms with Crippen LogP contribution in [0.3, 0.4) is 0 Å². The molecule has 102 valence electrons. The molecule has 2 N–H and O–H groups in total. The maximum Gasteiger partial charge on any atom is 0.204 e. The number of nitrogens with zero attached hydrogens (tertiary/aromatic N) is 1. The van der Waals surface area contributed by atoms with Crippen LogP contribution < -0.4 is 0 Å². The van der Waals surface area contributed by atoms with Gasteiger partial charge < -0.3 is 14.6 Å². The Morgan fingerprint density at radius 1 is 1.32 bits per heavy atom. The summed E-state index contributed by atoms with van der Waals surface area (Å²) < 4.78 is 5.61. The van der Waals surface area contributed by atoms with E-state index in [-0.39, 0.29) is 6.61 Å². The van der Waals surface area contributed by atoms with Gasteiger partial charge in [0.15, 0.2) is 5.76 Å². The van der Waals surface area contributed by atoms with Crippen LogP contribution in [-0.2, 0) is 5.75 Å². The standard InChI is InChI=1S/C13H14ClNO3S/c14-10-3-1-9(2-4-10)12-5-15-13(18-12)8-19-7-11(17)6-16/h1-5,11,16-17H,6-8H2. The number of hydrogen-bond donors (Lipinski definition) is 2. The molecule has 0 radical (unpaired) electrons. The van der Waals surface area contributed by atoms with Crippen molar-refractivity contribution < 1.29 is 14.6 Å². The van der Waals surface area contributed by atoms with Gasteiger partial charge in [-0.3, -0.25) is 0 Å². The first-order valence-electron chi connectivity index (χ1n) is 5.76. The van der Waals surface area contributed by atoms with Gasteiger partial charge in [0.25, 0.3) is 0 Å². The Morgan fingerprint density at radius 2 is 2.05 bits per heavy atom. The highest BCUT2D eigenvalue weighted by Crippen LogP contribution is 2.23. The third kappa shape index (κ3) is 4.24. The van der Waals surface area contributed by atoms with Gasteiger partial charge in [-0.15, -0.1) is 11.8 Å². The van der Waals surface area contributed by atoms with Crippen LogP contribution in [0.2, 0.25) is 5.02 Å². The summed E-state index contributed by atoms with van der Waals surface area (Å²) in [6, 6.07) is 7.33. The topological polar surface area (TPSA) is 66.5 Å². The quantitative estimate of drug-likeness (QED) is 0.858. The van der Waals surface area contributed by atoms with Crippen molar-refractivity contribution in [2.24, 2.45) is 0 Å². The third-order valence-corrected chi connectivity index (χ3v) is 3.75. The molecule has 6 heteroatoms. The van der Waals surface area contributed by atoms with E-state index in [9.17, 15) is 5.11 Å². The molecule has 19 heavy (non-hydrogen) atoms. The van der Waals surface area contributed by atoms with Crippen LogP contribution in [0.15, 0.2) is 34.9 Å². The van der Waals surface area contributed by atoms with E-state index >= 15 is 0 Å². The maximum atomic E-state index is 9.21. The zero-order chi connectivity index (χ0) is 13.7. The predicted octanol–water partition coefficient (Wildman–Crippen LogP) is 2.58. The van der Waals surface area contributed by atoms with Gasteiger partial charge in [-0.05, 0) is 24.3 Å². The molecule has 0 aliphatic carbocycles. The second-order valence-corrected chi connectivity index (χ2v) is 5.44. The highest BCUT2D eigenvalue weighted by molar-refractivity contribution is 7.98. The van der Waals surface area contributed by atoms with Crippen molar-refractivity contribution in [2.75, 3.05) is 12.4 Å². The zero-order valence-corrected chi connectivity index (χ0v) is 11.7. The van der Waals surface area contributed by atoms with Gasteiger partial charge >= 0.3 is 0 Å². The summed E-state index contributed by atoms with van der Waals surface area (Å²) >= 11 is 7.29. The molecular formula is C13H14ClNO3S. The molecule has 2 aromatic rings. The fraction of sp³-hybridized carbons (Fsp3) is 0.308.